The standard InChI is InChI=1S/C14H20ClFN2/c1-9(2)13-7-17-10(3)8-18(13)12-6-4-5-11(15)14(12)16/h4-6,9-10,13,17H,7-8H2,1-3H3. The minimum absolute atomic E-state index is 0.196. The molecule has 0 radical (unpaired) electrons. The van der Waals surface area contributed by atoms with Crippen molar-refractivity contribution in [2.24, 2.45) is 5.92 Å². The van der Waals surface area contributed by atoms with Gasteiger partial charge in [0.05, 0.1) is 10.7 Å². The summed E-state index contributed by atoms with van der Waals surface area (Å²) in [5, 5.41) is 3.65. The Balaban J connectivity index is 2.35. The van der Waals surface area contributed by atoms with Gasteiger partial charge in [-0.05, 0) is 25.0 Å². The summed E-state index contributed by atoms with van der Waals surface area (Å²) in [6, 6.07) is 5.88. The lowest BCUT2D eigenvalue weighted by Gasteiger charge is -2.43. The molecule has 1 aromatic rings. The van der Waals surface area contributed by atoms with Crippen molar-refractivity contribution in [1.82, 2.24) is 5.32 Å². The maximum absolute atomic E-state index is 14.2. The first-order valence-corrected chi connectivity index (χ1v) is 6.82. The fourth-order valence-corrected chi connectivity index (χ4v) is 2.68. The van der Waals surface area contributed by atoms with E-state index in [0.717, 1.165) is 13.1 Å². The van der Waals surface area contributed by atoms with Crippen LogP contribution in [0.4, 0.5) is 10.1 Å². The molecule has 1 heterocycles. The predicted molar refractivity (Wildman–Crippen MR) is 74.8 cm³/mol. The van der Waals surface area contributed by atoms with E-state index < -0.39 is 0 Å². The van der Waals surface area contributed by atoms with Gasteiger partial charge in [-0.15, -0.1) is 0 Å². The zero-order valence-corrected chi connectivity index (χ0v) is 11.8. The van der Waals surface area contributed by atoms with Crippen LogP contribution in [0.1, 0.15) is 20.8 Å². The highest BCUT2D eigenvalue weighted by molar-refractivity contribution is 6.31. The van der Waals surface area contributed by atoms with E-state index in [2.05, 4.69) is 31.0 Å². The Labute approximate surface area is 113 Å². The molecule has 1 aliphatic heterocycles. The van der Waals surface area contributed by atoms with Crippen molar-refractivity contribution >= 4 is 17.3 Å². The average molecular weight is 271 g/mol. The molecule has 1 fully saturated rings. The van der Waals surface area contributed by atoms with Gasteiger partial charge in [-0.3, -0.25) is 0 Å². The Bertz CT molecular complexity index is 422. The molecule has 2 unspecified atom stereocenters. The number of benzene rings is 1. The Morgan fingerprint density at radius 3 is 2.83 bits per heavy atom. The van der Waals surface area contributed by atoms with Gasteiger partial charge in [-0.2, -0.15) is 0 Å². The van der Waals surface area contributed by atoms with Crippen molar-refractivity contribution in [3.63, 3.8) is 0 Å². The van der Waals surface area contributed by atoms with Crippen LogP contribution in [0.3, 0.4) is 0 Å². The lowest BCUT2D eigenvalue weighted by molar-refractivity contribution is 0.346. The van der Waals surface area contributed by atoms with E-state index in [1.807, 2.05) is 12.1 Å². The van der Waals surface area contributed by atoms with Crippen molar-refractivity contribution in [2.45, 2.75) is 32.9 Å². The zero-order chi connectivity index (χ0) is 13.3. The molecule has 18 heavy (non-hydrogen) atoms. The summed E-state index contributed by atoms with van der Waals surface area (Å²) in [4.78, 5) is 2.15. The molecule has 0 aromatic heterocycles. The van der Waals surface area contributed by atoms with Gasteiger partial charge in [0.1, 0.15) is 0 Å². The second kappa shape index (κ2) is 5.45. The van der Waals surface area contributed by atoms with Gasteiger partial charge in [-0.25, -0.2) is 4.39 Å². The minimum atomic E-state index is -0.307. The predicted octanol–water partition coefficient (Wildman–Crippen LogP) is 3.30. The summed E-state index contributed by atoms with van der Waals surface area (Å²) in [6.07, 6.45) is 0. The van der Waals surface area contributed by atoms with Gasteiger partial charge in [0.2, 0.25) is 0 Å². The number of halogens is 2. The van der Waals surface area contributed by atoms with Crippen LogP contribution in [-0.2, 0) is 0 Å². The van der Waals surface area contributed by atoms with Crippen LogP contribution in [0.2, 0.25) is 5.02 Å². The lowest BCUT2D eigenvalue weighted by atomic mass is 9.98. The van der Waals surface area contributed by atoms with Crippen LogP contribution in [0.5, 0.6) is 0 Å². The first-order chi connectivity index (χ1) is 8.50. The number of anilines is 1. The van der Waals surface area contributed by atoms with Crippen molar-refractivity contribution in [1.29, 1.82) is 0 Å². The minimum Gasteiger partial charge on any atom is -0.363 e. The molecular formula is C14H20ClFN2. The van der Waals surface area contributed by atoms with Crippen LogP contribution >= 0.6 is 11.6 Å². The number of rotatable bonds is 2. The molecule has 0 aliphatic carbocycles. The molecular weight excluding hydrogens is 251 g/mol. The molecule has 1 saturated heterocycles. The van der Waals surface area contributed by atoms with E-state index in [0.29, 0.717) is 23.7 Å². The molecule has 1 aromatic carbocycles. The first kappa shape index (κ1) is 13.6. The SMILES string of the molecule is CC1CN(c2cccc(Cl)c2F)C(C(C)C)CN1. The molecule has 1 aliphatic rings. The number of hydrogen-bond acceptors (Lipinski definition) is 2. The second-order valence-electron chi connectivity index (χ2n) is 5.35. The average Bonchev–Trinajstić information content (AvgIpc) is 2.32. The number of piperazine rings is 1. The summed E-state index contributed by atoms with van der Waals surface area (Å²) < 4.78 is 14.2. The monoisotopic (exact) mass is 270 g/mol. The number of nitrogens with one attached hydrogen (secondary N) is 1. The van der Waals surface area contributed by atoms with E-state index in [1.54, 1.807) is 6.07 Å². The van der Waals surface area contributed by atoms with Gasteiger partial charge < -0.3 is 10.2 Å². The second-order valence-corrected chi connectivity index (χ2v) is 5.75. The van der Waals surface area contributed by atoms with Crippen LogP contribution in [0.15, 0.2) is 18.2 Å². The fourth-order valence-electron chi connectivity index (χ4n) is 2.51. The Morgan fingerprint density at radius 2 is 2.17 bits per heavy atom. The maximum atomic E-state index is 14.2. The van der Waals surface area contributed by atoms with Gasteiger partial charge >= 0.3 is 0 Å². The zero-order valence-electron chi connectivity index (χ0n) is 11.1. The third kappa shape index (κ3) is 2.62. The number of nitrogens with zero attached hydrogens (tertiary/aromatic N) is 1. The molecule has 2 nitrogen and oxygen atoms in total. The van der Waals surface area contributed by atoms with Gasteiger partial charge in [0.15, 0.2) is 5.82 Å². The van der Waals surface area contributed by atoms with Crippen LogP contribution in [0.25, 0.3) is 0 Å². The smallest absolute Gasteiger partial charge is 0.165 e. The van der Waals surface area contributed by atoms with Gasteiger partial charge in [0, 0.05) is 25.2 Å². The van der Waals surface area contributed by atoms with Crippen molar-refractivity contribution < 1.29 is 4.39 Å². The van der Waals surface area contributed by atoms with Crippen LogP contribution in [-0.4, -0.2) is 25.2 Å². The van der Waals surface area contributed by atoms with E-state index in [-0.39, 0.29) is 10.8 Å². The summed E-state index contributed by atoms with van der Waals surface area (Å²) in [6.45, 7) is 8.13. The van der Waals surface area contributed by atoms with Crippen LogP contribution < -0.4 is 10.2 Å². The topological polar surface area (TPSA) is 15.3 Å². The Morgan fingerprint density at radius 1 is 1.44 bits per heavy atom. The molecule has 4 heteroatoms. The highest BCUT2D eigenvalue weighted by Crippen LogP contribution is 2.30. The Hall–Kier alpha value is -0.800. The molecule has 0 bridgehead atoms. The van der Waals surface area contributed by atoms with E-state index in [4.69, 9.17) is 11.6 Å². The number of hydrogen-bond donors (Lipinski definition) is 1. The molecule has 0 amide bonds. The molecule has 2 atom stereocenters. The van der Waals surface area contributed by atoms with Crippen molar-refractivity contribution in [2.75, 3.05) is 18.0 Å². The quantitative estimate of drug-likeness (QED) is 0.887. The first-order valence-electron chi connectivity index (χ1n) is 6.44. The molecule has 100 valence electrons. The third-order valence-electron chi connectivity index (χ3n) is 3.56. The summed E-state index contributed by atoms with van der Waals surface area (Å²) >= 11 is 5.88. The van der Waals surface area contributed by atoms with Gasteiger partial charge in [-0.1, -0.05) is 31.5 Å². The van der Waals surface area contributed by atoms with Gasteiger partial charge in [0.25, 0.3) is 0 Å². The van der Waals surface area contributed by atoms with Crippen molar-refractivity contribution in [3.05, 3.63) is 29.0 Å². The summed E-state index contributed by atoms with van der Waals surface area (Å²) in [5.74, 6) is 0.155. The Kier molecular flexibility index (Phi) is 4.13. The van der Waals surface area contributed by atoms with E-state index >= 15 is 0 Å². The maximum Gasteiger partial charge on any atom is 0.165 e. The van der Waals surface area contributed by atoms with E-state index in [9.17, 15) is 4.39 Å². The summed E-state index contributed by atoms with van der Waals surface area (Å²) in [7, 11) is 0. The van der Waals surface area contributed by atoms with Crippen LogP contribution in [0, 0.1) is 11.7 Å². The summed E-state index contributed by atoms with van der Waals surface area (Å²) in [5.41, 5.74) is 0.620. The molecule has 0 saturated carbocycles. The molecule has 1 N–H and O–H groups in total. The lowest BCUT2D eigenvalue weighted by Crippen LogP contribution is -2.57. The van der Waals surface area contributed by atoms with Crippen molar-refractivity contribution in [3.8, 4) is 0 Å². The fraction of sp³-hybridized carbons (Fsp3) is 0.571. The molecule has 0 spiro atoms. The molecule has 2 rings (SSSR count). The largest absolute Gasteiger partial charge is 0.363 e. The highest BCUT2D eigenvalue weighted by atomic mass is 35.5. The normalized spacial score (nSPS) is 24.7. The van der Waals surface area contributed by atoms with E-state index in [1.165, 1.54) is 0 Å². The third-order valence-corrected chi connectivity index (χ3v) is 3.85. The highest BCUT2D eigenvalue weighted by Gasteiger charge is 2.30.